The third kappa shape index (κ3) is 3.55. The highest BCUT2D eigenvalue weighted by atomic mass is 32.1. The molecule has 5 nitrogen and oxygen atoms in total. The summed E-state index contributed by atoms with van der Waals surface area (Å²) in [5, 5.41) is 1.91. The number of carbonyl (C=O) groups excluding carboxylic acids is 2. The Kier molecular flexibility index (Phi) is 5.11. The average molecular weight is 468 g/mol. The minimum Gasteiger partial charge on any atom is -0.326 e. The number of hydrogen-bond acceptors (Lipinski definition) is 3. The Bertz CT molecular complexity index is 1370. The van der Waals surface area contributed by atoms with Crippen LogP contribution in [0, 0.1) is 6.92 Å². The summed E-state index contributed by atoms with van der Waals surface area (Å²) >= 11 is 1.43. The van der Waals surface area contributed by atoms with E-state index in [0.29, 0.717) is 4.88 Å². The highest BCUT2D eigenvalue weighted by molar-refractivity contribution is 7.12. The Balaban J connectivity index is 1.43. The lowest BCUT2D eigenvalue weighted by Crippen LogP contribution is -2.47. The van der Waals surface area contributed by atoms with Gasteiger partial charge in [0.15, 0.2) is 0 Å². The second kappa shape index (κ2) is 8.29. The van der Waals surface area contributed by atoms with Crippen LogP contribution in [-0.2, 0) is 4.79 Å². The van der Waals surface area contributed by atoms with Gasteiger partial charge in [0.1, 0.15) is 12.6 Å². The lowest BCUT2D eigenvalue weighted by atomic mass is 9.96. The van der Waals surface area contributed by atoms with Crippen LogP contribution in [0.15, 0.2) is 84.4 Å². The molecule has 1 aliphatic heterocycles. The first kappa shape index (κ1) is 20.9. The molecule has 2 aromatic heterocycles. The van der Waals surface area contributed by atoms with Crippen LogP contribution < -0.4 is 4.90 Å². The van der Waals surface area contributed by atoms with Crippen molar-refractivity contribution in [2.45, 2.75) is 31.8 Å². The van der Waals surface area contributed by atoms with Gasteiger partial charge in [-0.3, -0.25) is 14.5 Å². The predicted molar refractivity (Wildman–Crippen MR) is 135 cm³/mol. The van der Waals surface area contributed by atoms with Crippen molar-refractivity contribution in [3.8, 4) is 5.69 Å². The van der Waals surface area contributed by atoms with E-state index in [1.54, 1.807) is 4.90 Å². The van der Waals surface area contributed by atoms with E-state index in [9.17, 15) is 9.59 Å². The lowest BCUT2D eigenvalue weighted by Gasteiger charge is -2.39. The van der Waals surface area contributed by atoms with Gasteiger partial charge in [-0.25, -0.2) is 0 Å². The monoisotopic (exact) mass is 467 g/mol. The summed E-state index contributed by atoms with van der Waals surface area (Å²) in [6.45, 7) is 2.14. The molecule has 3 heterocycles. The van der Waals surface area contributed by atoms with Crippen molar-refractivity contribution in [3.63, 3.8) is 0 Å². The first-order valence-corrected chi connectivity index (χ1v) is 12.5. The number of carbonyl (C=O) groups is 2. The number of aromatic nitrogens is 1. The SMILES string of the molecule is Cc1cccc(C2c3cccn3-c3ccccc3N2C(=O)CN(C(=O)c2cccs2)C2CC2)c1. The molecule has 6 rings (SSSR count). The van der Waals surface area contributed by atoms with E-state index in [4.69, 9.17) is 0 Å². The summed E-state index contributed by atoms with van der Waals surface area (Å²) in [6, 6.07) is 24.0. The van der Waals surface area contributed by atoms with Crippen molar-refractivity contribution in [3.05, 3.63) is 106 Å². The minimum absolute atomic E-state index is 0.0494. The predicted octanol–water partition coefficient (Wildman–Crippen LogP) is 5.59. The van der Waals surface area contributed by atoms with Crippen molar-refractivity contribution in [1.82, 2.24) is 9.47 Å². The fourth-order valence-electron chi connectivity index (χ4n) is 4.93. The maximum Gasteiger partial charge on any atom is 0.264 e. The number of rotatable bonds is 5. The zero-order valence-corrected chi connectivity index (χ0v) is 19.7. The molecule has 0 spiro atoms. The highest BCUT2D eigenvalue weighted by Crippen LogP contribution is 2.42. The first-order chi connectivity index (χ1) is 16.6. The molecular weight excluding hydrogens is 442 g/mol. The van der Waals surface area contributed by atoms with Gasteiger partial charge in [0.2, 0.25) is 5.91 Å². The number of benzene rings is 2. The molecule has 0 N–H and O–H groups in total. The summed E-state index contributed by atoms with van der Waals surface area (Å²) in [4.78, 5) is 31.7. The van der Waals surface area contributed by atoms with Crippen LogP contribution in [0.2, 0.25) is 0 Å². The minimum atomic E-state index is -0.268. The molecular formula is C28H25N3O2S. The number of amides is 2. The second-order valence-electron chi connectivity index (χ2n) is 9.01. The summed E-state index contributed by atoms with van der Waals surface area (Å²) in [5.41, 5.74) is 5.09. The Morgan fingerprint density at radius 2 is 1.79 bits per heavy atom. The molecule has 2 aliphatic rings. The zero-order chi connectivity index (χ0) is 23.2. The van der Waals surface area contributed by atoms with Crippen LogP contribution >= 0.6 is 11.3 Å². The molecule has 0 bridgehead atoms. The van der Waals surface area contributed by atoms with Gasteiger partial charge in [-0.1, -0.05) is 48.0 Å². The number of aryl methyl sites for hydroxylation is 1. The molecule has 1 unspecified atom stereocenters. The quantitative estimate of drug-likeness (QED) is 0.384. The van der Waals surface area contributed by atoms with Crippen molar-refractivity contribution >= 4 is 28.8 Å². The van der Waals surface area contributed by atoms with Gasteiger partial charge < -0.3 is 9.47 Å². The van der Waals surface area contributed by atoms with E-state index in [1.807, 2.05) is 58.8 Å². The summed E-state index contributed by atoms with van der Waals surface area (Å²) in [6.07, 6.45) is 3.95. The van der Waals surface area contributed by atoms with Gasteiger partial charge in [-0.2, -0.15) is 0 Å². The number of fused-ring (bicyclic) bond motifs is 3. The third-order valence-electron chi connectivity index (χ3n) is 6.63. The van der Waals surface area contributed by atoms with Crippen LogP contribution in [0.25, 0.3) is 5.69 Å². The van der Waals surface area contributed by atoms with Gasteiger partial charge in [0.25, 0.3) is 5.91 Å². The van der Waals surface area contributed by atoms with E-state index in [1.165, 1.54) is 11.3 Å². The first-order valence-electron chi connectivity index (χ1n) is 11.6. The van der Waals surface area contributed by atoms with E-state index in [0.717, 1.165) is 41.0 Å². The Hall–Kier alpha value is -3.64. The van der Waals surface area contributed by atoms with Crippen LogP contribution in [0.4, 0.5) is 5.69 Å². The van der Waals surface area contributed by atoms with Crippen LogP contribution in [0.5, 0.6) is 0 Å². The Labute approximate surface area is 202 Å². The van der Waals surface area contributed by atoms with Gasteiger partial charge >= 0.3 is 0 Å². The highest BCUT2D eigenvalue weighted by Gasteiger charge is 2.40. The van der Waals surface area contributed by atoms with E-state index in [2.05, 4.69) is 42.0 Å². The average Bonchev–Trinajstić information content (AvgIpc) is 3.32. The zero-order valence-electron chi connectivity index (χ0n) is 18.9. The molecule has 2 aromatic carbocycles. The van der Waals surface area contributed by atoms with Crippen molar-refractivity contribution < 1.29 is 9.59 Å². The van der Waals surface area contributed by atoms with Crippen LogP contribution in [0.1, 0.15) is 45.4 Å². The standard InChI is InChI=1S/C28H25N3O2S/c1-19-7-4-8-20(17-19)27-24-11-5-15-29(24)22-9-2-3-10-23(22)31(27)26(32)18-30(21-13-14-21)28(33)25-12-6-16-34-25/h2-12,15-17,21,27H,13-14,18H2,1H3. The number of nitrogens with zero attached hydrogens (tertiary/aromatic N) is 3. The molecule has 1 atom stereocenters. The largest absolute Gasteiger partial charge is 0.326 e. The normalized spacial score (nSPS) is 16.6. The fourth-order valence-corrected chi connectivity index (χ4v) is 5.61. The maximum atomic E-state index is 14.1. The molecule has 6 heteroatoms. The molecule has 1 aliphatic carbocycles. The number of anilines is 1. The molecule has 170 valence electrons. The van der Waals surface area contributed by atoms with Crippen molar-refractivity contribution in [1.29, 1.82) is 0 Å². The summed E-state index contributed by atoms with van der Waals surface area (Å²) < 4.78 is 2.17. The molecule has 0 radical (unpaired) electrons. The lowest BCUT2D eigenvalue weighted by molar-refractivity contribution is -0.119. The maximum absolute atomic E-state index is 14.1. The molecule has 1 fully saturated rings. The molecule has 0 saturated heterocycles. The fraction of sp³-hybridized carbons (Fsp3) is 0.214. The van der Waals surface area contributed by atoms with Crippen molar-refractivity contribution in [2.75, 3.05) is 11.4 Å². The second-order valence-corrected chi connectivity index (χ2v) is 9.96. The Morgan fingerprint density at radius 3 is 2.53 bits per heavy atom. The van der Waals surface area contributed by atoms with Crippen LogP contribution in [-0.4, -0.2) is 33.9 Å². The summed E-state index contributed by atoms with van der Waals surface area (Å²) in [5.74, 6) is -0.116. The smallest absolute Gasteiger partial charge is 0.264 e. The van der Waals surface area contributed by atoms with Gasteiger partial charge in [-0.05, 0) is 61.0 Å². The van der Waals surface area contributed by atoms with Crippen LogP contribution in [0.3, 0.4) is 0 Å². The Morgan fingerprint density at radius 1 is 0.971 bits per heavy atom. The number of para-hydroxylation sites is 2. The van der Waals surface area contributed by atoms with E-state index < -0.39 is 0 Å². The number of thiophene rings is 1. The number of hydrogen-bond donors (Lipinski definition) is 0. The third-order valence-corrected chi connectivity index (χ3v) is 7.49. The van der Waals surface area contributed by atoms with Gasteiger partial charge in [-0.15, -0.1) is 11.3 Å². The van der Waals surface area contributed by atoms with E-state index in [-0.39, 0.29) is 30.4 Å². The topological polar surface area (TPSA) is 45.6 Å². The molecule has 4 aromatic rings. The molecule has 1 saturated carbocycles. The molecule has 2 amide bonds. The van der Waals surface area contributed by atoms with Crippen molar-refractivity contribution in [2.24, 2.45) is 0 Å². The van der Waals surface area contributed by atoms with Gasteiger partial charge in [0.05, 0.1) is 21.9 Å². The van der Waals surface area contributed by atoms with Gasteiger partial charge in [0, 0.05) is 12.2 Å². The summed E-state index contributed by atoms with van der Waals surface area (Å²) in [7, 11) is 0. The van der Waals surface area contributed by atoms with E-state index >= 15 is 0 Å². The molecule has 34 heavy (non-hydrogen) atoms.